The molecule has 1 heterocycles. The fourth-order valence-corrected chi connectivity index (χ4v) is 2.25. The van der Waals surface area contributed by atoms with E-state index in [-0.39, 0.29) is 18.1 Å². The van der Waals surface area contributed by atoms with Gasteiger partial charge in [-0.05, 0) is 32.4 Å². The average Bonchev–Trinajstić information content (AvgIpc) is 2.39. The second-order valence-corrected chi connectivity index (χ2v) is 5.23. The third-order valence-electron chi connectivity index (χ3n) is 3.35. The summed E-state index contributed by atoms with van der Waals surface area (Å²) in [6.07, 6.45) is 3.65. The highest BCUT2D eigenvalue weighted by Crippen LogP contribution is 2.13. The first kappa shape index (κ1) is 13.8. The number of benzene rings is 1. The fourth-order valence-electron chi connectivity index (χ4n) is 2.25. The highest BCUT2D eigenvalue weighted by molar-refractivity contribution is 5.92. The Morgan fingerprint density at radius 3 is 2.95 bits per heavy atom. The van der Waals surface area contributed by atoms with Crippen LogP contribution in [0.25, 0.3) is 6.08 Å². The summed E-state index contributed by atoms with van der Waals surface area (Å²) >= 11 is 0. The largest absolute Gasteiger partial charge is 0.375 e. The first-order valence-electron chi connectivity index (χ1n) is 6.73. The molecular weight excluding hydrogens is 238 g/mol. The SMILES string of the molecule is Cc1cccc(/C=C/C(=O)N2CC(C)OCC2C)c1. The van der Waals surface area contributed by atoms with Gasteiger partial charge in [-0.2, -0.15) is 0 Å². The third kappa shape index (κ3) is 3.67. The van der Waals surface area contributed by atoms with Crippen molar-refractivity contribution in [2.45, 2.75) is 32.9 Å². The minimum Gasteiger partial charge on any atom is -0.375 e. The standard InChI is InChI=1S/C16H21NO2/c1-12-5-4-6-15(9-12)7-8-16(18)17-10-14(3)19-11-13(17)2/h4-9,13-14H,10-11H2,1-3H3/b8-7+. The van der Waals surface area contributed by atoms with E-state index in [4.69, 9.17) is 4.74 Å². The van der Waals surface area contributed by atoms with Crippen LogP contribution in [-0.2, 0) is 9.53 Å². The molecule has 1 fully saturated rings. The molecule has 19 heavy (non-hydrogen) atoms. The van der Waals surface area contributed by atoms with E-state index >= 15 is 0 Å². The molecule has 2 atom stereocenters. The van der Waals surface area contributed by atoms with Crippen LogP contribution in [0.2, 0.25) is 0 Å². The van der Waals surface area contributed by atoms with E-state index in [1.807, 2.05) is 49.9 Å². The number of amides is 1. The van der Waals surface area contributed by atoms with E-state index in [0.717, 1.165) is 5.56 Å². The van der Waals surface area contributed by atoms with Crippen LogP contribution in [0.15, 0.2) is 30.3 Å². The maximum absolute atomic E-state index is 12.2. The van der Waals surface area contributed by atoms with Crippen LogP contribution in [0, 0.1) is 6.92 Å². The fraction of sp³-hybridized carbons (Fsp3) is 0.438. The van der Waals surface area contributed by atoms with Crippen molar-refractivity contribution in [2.24, 2.45) is 0 Å². The summed E-state index contributed by atoms with van der Waals surface area (Å²) in [6, 6.07) is 8.26. The zero-order valence-corrected chi connectivity index (χ0v) is 11.8. The van der Waals surface area contributed by atoms with Crippen LogP contribution in [0.5, 0.6) is 0 Å². The van der Waals surface area contributed by atoms with Gasteiger partial charge in [-0.3, -0.25) is 4.79 Å². The Labute approximate surface area is 114 Å². The van der Waals surface area contributed by atoms with Crippen molar-refractivity contribution in [2.75, 3.05) is 13.2 Å². The van der Waals surface area contributed by atoms with Gasteiger partial charge in [0, 0.05) is 12.6 Å². The lowest BCUT2D eigenvalue weighted by atomic mass is 10.1. The van der Waals surface area contributed by atoms with E-state index < -0.39 is 0 Å². The molecule has 102 valence electrons. The molecule has 0 aliphatic carbocycles. The van der Waals surface area contributed by atoms with Crippen LogP contribution >= 0.6 is 0 Å². The monoisotopic (exact) mass is 259 g/mol. The molecule has 0 bridgehead atoms. The first-order valence-corrected chi connectivity index (χ1v) is 6.73. The Morgan fingerprint density at radius 1 is 1.42 bits per heavy atom. The van der Waals surface area contributed by atoms with Crippen molar-refractivity contribution in [3.05, 3.63) is 41.5 Å². The van der Waals surface area contributed by atoms with Crippen molar-refractivity contribution in [1.29, 1.82) is 0 Å². The van der Waals surface area contributed by atoms with E-state index in [1.165, 1.54) is 5.56 Å². The van der Waals surface area contributed by atoms with Gasteiger partial charge in [0.15, 0.2) is 0 Å². The quantitative estimate of drug-likeness (QED) is 0.764. The number of hydrogen-bond donors (Lipinski definition) is 0. The number of ether oxygens (including phenoxy) is 1. The van der Waals surface area contributed by atoms with Gasteiger partial charge in [-0.1, -0.05) is 29.8 Å². The van der Waals surface area contributed by atoms with Crippen molar-refractivity contribution in [3.8, 4) is 0 Å². The average molecular weight is 259 g/mol. The Morgan fingerprint density at radius 2 is 2.21 bits per heavy atom. The van der Waals surface area contributed by atoms with Gasteiger partial charge >= 0.3 is 0 Å². The van der Waals surface area contributed by atoms with Crippen LogP contribution in [0.4, 0.5) is 0 Å². The minimum atomic E-state index is 0.0594. The third-order valence-corrected chi connectivity index (χ3v) is 3.35. The van der Waals surface area contributed by atoms with Crippen molar-refractivity contribution in [1.82, 2.24) is 4.90 Å². The van der Waals surface area contributed by atoms with Crippen LogP contribution < -0.4 is 0 Å². The summed E-state index contributed by atoms with van der Waals surface area (Å²) in [5.41, 5.74) is 2.25. The van der Waals surface area contributed by atoms with Gasteiger partial charge in [-0.15, -0.1) is 0 Å². The van der Waals surface area contributed by atoms with E-state index in [0.29, 0.717) is 13.2 Å². The maximum Gasteiger partial charge on any atom is 0.246 e. The highest BCUT2D eigenvalue weighted by Gasteiger charge is 2.25. The Balaban J connectivity index is 2.04. The molecule has 2 rings (SSSR count). The molecule has 1 saturated heterocycles. The molecule has 0 N–H and O–H groups in total. The van der Waals surface area contributed by atoms with Crippen LogP contribution in [0.3, 0.4) is 0 Å². The highest BCUT2D eigenvalue weighted by atomic mass is 16.5. The Bertz CT molecular complexity index is 481. The molecule has 0 radical (unpaired) electrons. The summed E-state index contributed by atoms with van der Waals surface area (Å²) in [4.78, 5) is 14.1. The summed E-state index contributed by atoms with van der Waals surface area (Å²) < 4.78 is 5.53. The van der Waals surface area contributed by atoms with Gasteiger partial charge < -0.3 is 9.64 Å². The lowest BCUT2D eigenvalue weighted by Gasteiger charge is -2.36. The zero-order valence-electron chi connectivity index (χ0n) is 11.8. The molecule has 3 heteroatoms. The van der Waals surface area contributed by atoms with Gasteiger partial charge in [0.1, 0.15) is 0 Å². The normalized spacial score (nSPS) is 23.8. The summed E-state index contributed by atoms with van der Waals surface area (Å²) in [5, 5.41) is 0. The smallest absolute Gasteiger partial charge is 0.246 e. The van der Waals surface area contributed by atoms with E-state index in [2.05, 4.69) is 6.07 Å². The number of rotatable bonds is 2. The number of nitrogens with zero attached hydrogens (tertiary/aromatic N) is 1. The topological polar surface area (TPSA) is 29.5 Å². The predicted octanol–water partition coefficient (Wildman–Crippen LogP) is 2.64. The molecule has 0 aromatic heterocycles. The first-order chi connectivity index (χ1) is 9.06. The van der Waals surface area contributed by atoms with Gasteiger partial charge in [0.05, 0.1) is 18.8 Å². The minimum absolute atomic E-state index is 0.0594. The Hall–Kier alpha value is -1.61. The van der Waals surface area contributed by atoms with Crippen molar-refractivity contribution >= 4 is 12.0 Å². The predicted molar refractivity (Wildman–Crippen MR) is 76.8 cm³/mol. The maximum atomic E-state index is 12.2. The molecule has 3 nitrogen and oxygen atoms in total. The zero-order chi connectivity index (χ0) is 13.8. The number of hydrogen-bond acceptors (Lipinski definition) is 2. The molecule has 1 aliphatic heterocycles. The number of carbonyl (C=O) groups excluding carboxylic acids is 1. The van der Waals surface area contributed by atoms with Crippen LogP contribution in [-0.4, -0.2) is 36.1 Å². The van der Waals surface area contributed by atoms with Crippen molar-refractivity contribution < 1.29 is 9.53 Å². The van der Waals surface area contributed by atoms with Gasteiger partial charge in [0.25, 0.3) is 0 Å². The Kier molecular flexibility index (Phi) is 4.38. The summed E-state index contributed by atoms with van der Waals surface area (Å²) in [7, 11) is 0. The summed E-state index contributed by atoms with van der Waals surface area (Å²) in [5.74, 6) is 0.0594. The van der Waals surface area contributed by atoms with E-state index in [1.54, 1.807) is 6.08 Å². The van der Waals surface area contributed by atoms with Gasteiger partial charge in [-0.25, -0.2) is 0 Å². The molecule has 1 amide bonds. The van der Waals surface area contributed by atoms with Crippen molar-refractivity contribution in [3.63, 3.8) is 0 Å². The molecule has 1 aromatic rings. The van der Waals surface area contributed by atoms with Gasteiger partial charge in [0.2, 0.25) is 5.91 Å². The summed E-state index contributed by atoms with van der Waals surface area (Å²) in [6.45, 7) is 7.34. The lowest BCUT2D eigenvalue weighted by molar-refractivity contribution is -0.137. The second kappa shape index (κ2) is 6.02. The molecule has 0 saturated carbocycles. The van der Waals surface area contributed by atoms with Crippen LogP contribution in [0.1, 0.15) is 25.0 Å². The number of aryl methyl sites for hydroxylation is 1. The molecule has 2 unspecified atom stereocenters. The molecule has 1 aliphatic rings. The lowest BCUT2D eigenvalue weighted by Crippen LogP contribution is -2.49. The molecular formula is C16H21NO2. The van der Waals surface area contributed by atoms with E-state index in [9.17, 15) is 4.79 Å². The second-order valence-electron chi connectivity index (χ2n) is 5.23. The number of morpholine rings is 1. The molecule has 1 aromatic carbocycles. The number of carbonyl (C=O) groups is 1. The molecule has 0 spiro atoms.